The van der Waals surface area contributed by atoms with Crippen LogP contribution in [0.5, 0.6) is 0 Å². The van der Waals surface area contributed by atoms with Gasteiger partial charge in [0.2, 0.25) is 5.95 Å². The number of nitrogens with zero attached hydrogens (tertiary/aromatic N) is 4. The third kappa shape index (κ3) is 2.83. The van der Waals surface area contributed by atoms with Crippen molar-refractivity contribution < 1.29 is 4.79 Å². The van der Waals surface area contributed by atoms with Crippen LogP contribution in [-0.2, 0) is 0 Å². The largest absolute Gasteiger partial charge is 0.337 e. The van der Waals surface area contributed by atoms with Gasteiger partial charge in [-0.3, -0.25) is 4.79 Å². The summed E-state index contributed by atoms with van der Waals surface area (Å²) in [6, 6.07) is 1.87. The first-order valence-electron chi connectivity index (χ1n) is 6.28. The molecule has 0 spiro atoms. The summed E-state index contributed by atoms with van der Waals surface area (Å²) in [5.41, 5.74) is 0.781. The van der Waals surface area contributed by atoms with Gasteiger partial charge in [-0.05, 0) is 27.4 Å². The molecule has 0 radical (unpaired) electrons. The van der Waals surface area contributed by atoms with E-state index in [0.29, 0.717) is 13.1 Å². The number of anilines is 1. The molecule has 0 aromatic carbocycles. The molecule has 2 aromatic heterocycles. The third-order valence-electron chi connectivity index (χ3n) is 3.22. The molecule has 7 heteroatoms. The number of carbonyl (C=O) groups excluding carboxylic acids is 1. The predicted octanol–water partition coefficient (Wildman–Crippen LogP) is 2.26. The standard InChI is InChI=1S/C13H13BrN4OS/c14-11-7-15-13(16-8-11)18-4-2-17(3-5-18)12(19)10-1-6-20-9-10/h1,6-9H,2-5H2. The topological polar surface area (TPSA) is 49.3 Å². The number of thiophene rings is 1. The number of aromatic nitrogens is 2. The normalized spacial score (nSPS) is 15.4. The van der Waals surface area contributed by atoms with Gasteiger partial charge in [0.05, 0.1) is 10.0 Å². The summed E-state index contributed by atoms with van der Waals surface area (Å²) in [5, 5.41) is 3.83. The zero-order valence-corrected chi connectivity index (χ0v) is 13.1. The lowest BCUT2D eigenvalue weighted by atomic mass is 10.2. The lowest BCUT2D eigenvalue weighted by molar-refractivity contribution is 0.0747. The first kappa shape index (κ1) is 13.5. The average Bonchev–Trinajstić information content (AvgIpc) is 3.02. The molecule has 1 aliphatic heterocycles. The lowest BCUT2D eigenvalue weighted by Gasteiger charge is -2.34. The molecule has 0 bridgehead atoms. The van der Waals surface area contributed by atoms with Crippen molar-refractivity contribution in [2.45, 2.75) is 0 Å². The average molecular weight is 353 g/mol. The van der Waals surface area contributed by atoms with Crippen LogP contribution in [0, 0.1) is 0 Å². The summed E-state index contributed by atoms with van der Waals surface area (Å²) in [7, 11) is 0. The quantitative estimate of drug-likeness (QED) is 0.831. The van der Waals surface area contributed by atoms with Crippen LogP contribution in [0.1, 0.15) is 10.4 Å². The van der Waals surface area contributed by atoms with Gasteiger partial charge in [-0.2, -0.15) is 11.3 Å². The highest BCUT2D eigenvalue weighted by Gasteiger charge is 2.23. The summed E-state index contributed by atoms with van der Waals surface area (Å²) in [6.45, 7) is 2.93. The number of halogens is 1. The van der Waals surface area contributed by atoms with Gasteiger partial charge in [-0.15, -0.1) is 0 Å². The first-order valence-corrected chi connectivity index (χ1v) is 8.01. The molecule has 20 heavy (non-hydrogen) atoms. The zero-order chi connectivity index (χ0) is 13.9. The summed E-state index contributed by atoms with van der Waals surface area (Å²) in [6.07, 6.45) is 3.48. The maximum absolute atomic E-state index is 12.2. The molecule has 0 saturated carbocycles. The van der Waals surface area contributed by atoms with E-state index in [9.17, 15) is 4.79 Å². The van der Waals surface area contributed by atoms with Gasteiger partial charge in [0.1, 0.15) is 0 Å². The van der Waals surface area contributed by atoms with Gasteiger partial charge in [-0.1, -0.05) is 0 Å². The van der Waals surface area contributed by atoms with E-state index in [1.54, 1.807) is 23.7 Å². The predicted molar refractivity (Wildman–Crippen MR) is 82.2 cm³/mol. The van der Waals surface area contributed by atoms with Crippen molar-refractivity contribution in [2.75, 3.05) is 31.1 Å². The maximum Gasteiger partial charge on any atom is 0.254 e. The molecule has 1 aliphatic rings. The summed E-state index contributed by atoms with van der Waals surface area (Å²) >= 11 is 4.87. The van der Waals surface area contributed by atoms with Crippen LogP contribution in [0.3, 0.4) is 0 Å². The van der Waals surface area contributed by atoms with E-state index >= 15 is 0 Å². The van der Waals surface area contributed by atoms with Gasteiger partial charge >= 0.3 is 0 Å². The number of piperazine rings is 1. The van der Waals surface area contributed by atoms with E-state index in [1.165, 1.54) is 0 Å². The summed E-state index contributed by atoms with van der Waals surface area (Å²) in [4.78, 5) is 24.8. The Kier molecular flexibility index (Phi) is 3.98. The molecular weight excluding hydrogens is 340 g/mol. The number of hydrogen-bond acceptors (Lipinski definition) is 5. The van der Waals surface area contributed by atoms with Crippen LogP contribution < -0.4 is 4.90 Å². The van der Waals surface area contributed by atoms with Gasteiger partial charge in [0.15, 0.2) is 0 Å². The molecule has 1 saturated heterocycles. The fraction of sp³-hybridized carbons (Fsp3) is 0.308. The molecule has 0 N–H and O–H groups in total. The maximum atomic E-state index is 12.2. The molecule has 3 rings (SSSR count). The summed E-state index contributed by atoms with van der Waals surface area (Å²) < 4.78 is 0.868. The minimum Gasteiger partial charge on any atom is -0.337 e. The van der Waals surface area contributed by atoms with Crippen molar-refractivity contribution in [1.29, 1.82) is 0 Å². The van der Waals surface area contributed by atoms with Crippen LogP contribution in [0.4, 0.5) is 5.95 Å². The molecular formula is C13H13BrN4OS. The van der Waals surface area contributed by atoms with E-state index in [0.717, 1.165) is 29.1 Å². The Balaban J connectivity index is 1.62. The van der Waals surface area contributed by atoms with Crippen molar-refractivity contribution >= 4 is 39.1 Å². The molecule has 1 fully saturated rings. The molecule has 5 nitrogen and oxygen atoms in total. The molecule has 3 heterocycles. The molecule has 0 atom stereocenters. The van der Waals surface area contributed by atoms with Gasteiger partial charge < -0.3 is 9.80 Å². The number of carbonyl (C=O) groups is 1. The second-order valence-corrected chi connectivity index (χ2v) is 6.19. The minimum absolute atomic E-state index is 0.114. The van der Waals surface area contributed by atoms with Crippen LogP contribution in [0.25, 0.3) is 0 Å². The molecule has 0 aliphatic carbocycles. The van der Waals surface area contributed by atoms with Crippen molar-refractivity contribution in [3.05, 3.63) is 39.3 Å². The second-order valence-electron chi connectivity index (χ2n) is 4.49. The van der Waals surface area contributed by atoms with E-state index in [4.69, 9.17) is 0 Å². The Bertz CT molecular complexity index is 579. The van der Waals surface area contributed by atoms with E-state index < -0.39 is 0 Å². The fourth-order valence-corrected chi connectivity index (χ4v) is 2.98. The summed E-state index contributed by atoms with van der Waals surface area (Å²) in [5.74, 6) is 0.832. The van der Waals surface area contributed by atoms with Crippen molar-refractivity contribution in [3.8, 4) is 0 Å². The van der Waals surface area contributed by atoms with Gasteiger partial charge in [-0.25, -0.2) is 9.97 Å². The van der Waals surface area contributed by atoms with Crippen molar-refractivity contribution in [3.63, 3.8) is 0 Å². The van der Waals surface area contributed by atoms with Crippen LogP contribution in [-0.4, -0.2) is 47.0 Å². The zero-order valence-electron chi connectivity index (χ0n) is 10.7. The highest BCUT2D eigenvalue weighted by molar-refractivity contribution is 9.10. The van der Waals surface area contributed by atoms with Crippen molar-refractivity contribution in [2.24, 2.45) is 0 Å². The highest BCUT2D eigenvalue weighted by atomic mass is 79.9. The van der Waals surface area contributed by atoms with E-state index in [1.807, 2.05) is 21.7 Å². The smallest absolute Gasteiger partial charge is 0.254 e. The number of amides is 1. The molecule has 2 aromatic rings. The molecule has 104 valence electrons. The minimum atomic E-state index is 0.114. The fourth-order valence-electron chi connectivity index (χ4n) is 2.15. The Morgan fingerprint density at radius 1 is 1.20 bits per heavy atom. The van der Waals surface area contributed by atoms with E-state index in [-0.39, 0.29) is 5.91 Å². The Morgan fingerprint density at radius 2 is 1.90 bits per heavy atom. The Labute approximate surface area is 129 Å². The highest BCUT2D eigenvalue weighted by Crippen LogP contribution is 2.15. The van der Waals surface area contributed by atoms with E-state index in [2.05, 4.69) is 30.8 Å². The Morgan fingerprint density at radius 3 is 2.50 bits per heavy atom. The third-order valence-corrected chi connectivity index (χ3v) is 4.32. The van der Waals surface area contributed by atoms with Crippen molar-refractivity contribution in [1.82, 2.24) is 14.9 Å². The SMILES string of the molecule is O=C(c1ccsc1)N1CCN(c2ncc(Br)cn2)CC1. The Hall–Kier alpha value is -1.47. The van der Waals surface area contributed by atoms with Crippen LogP contribution in [0.2, 0.25) is 0 Å². The van der Waals surface area contributed by atoms with Crippen LogP contribution >= 0.6 is 27.3 Å². The molecule has 1 amide bonds. The monoisotopic (exact) mass is 352 g/mol. The molecule has 0 unspecified atom stereocenters. The second kappa shape index (κ2) is 5.88. The van der Waals surface area contributed by atoms with Gasteiger partial charge in [0.25, 0.3) is 5.91 Å². The van der Waals surface area contributed by atoms with Crippen LogP contribution in [0.15, 0.2) is 33.7 Å². The number of rotatable bonds is 2. The van der Waals surface area contributed by atoms with Gasteiger partial charge in [0, 0.05) is 44.0 Å². The lowest BCUT2D eigenvalue weighted by Crippen LogP contribution is -2.49. The first-order chi connectivity index (χ1) is 9.74. The number of hydrogen-bond donors (Lipinski definition) is 0.